The van der Waals surface area contributed by atoms with Crippen LogP contribution in [0, 0.1) is 0 Å². The fourth-order valence-electron chi connectivity index (χ4n) is 4.49. The first-order chi connectivity index (χ1) is 18.0. The van der Waals surface area contributed by atoms with E-state index in [9.17, 15) is 19.5 Å². The summed E-state index contributed by atoms with van der Waals surface area (Å²) in [7, 11) is 0. The van der Waals surface area contributed by atoms with Gasteiger partial charge in [0.25, 0.3) is 0 Å². The van der Waals surface area contributed by atoms with Crippen molar-refractivity contribution in [3.05, 3.63) is 124 Å². The molecule has 1 aliphatic heterocycles. The smallest absolute Gasteiger partial charge is 0.347 e. The monoisotopic (exact) mass is 485 g/mol. The molecule has 4 aromatic carbocycles. The predicted octanol–water partition coefficient (Wildman–Crippen LogP) is 5.47. The molecule has 0 spiro atoms. The Morgan fingerprint density at radius 2 is 1.41 bits per heavy atom. The summed E-state index contributed by atoms with van der Waals surface area (Å²) in [5, 5.41) is 16.4. The molecule has 178 valence electrons. The van der Waals surface area contributed by atoms with E-state index in [1.54, 1.807) is 36.4 Å². The number of esters is 1. The average molecular weight is 485 g/mol. The van der Waals surface area contributed by atoms with E-state index in [2.05, 4.69) is 0 Å². The highest BCUT2D eigenvalue weighted by Gasteiger charge is 2.31. The van der Waals surface area contributed by atoms with Crippen molar-refractivity contribution in [2.24, 2.45) is 0 Å². The van der Waals surface area contributed by atoms with Gasteiger partial charge in [-0.1, -0.05) is 90.7 Å². The van der Waals surface area contributed by atoms with Crippen molar-refractivity contribution >= 4 is 50.3 Å². The maximum atomic E-state index is 12.9. The van der Waals surface area contributed by atoms with Crippen LogP contribution in [0.25, 0.3) is 38.6 Å². The summed E-state index contributed by atoms with van der Waals surface area (Å²) in [5.41, 5.74) is -0.409. The molecule has 0 unspecified atom stereocenters. The standard InChI is InChI=1S/C31H18O6/c32-26-22-16-14-18-8-4-6-10-20(18)28(22)36-30(34)24(26)12-2-1-3-13-25-27(33)23-17-15-19-9-5-7-11-21(19)29(23)37-31(25)35/h1-17,32H/p-1. The molecule has 2 heterocycles. The van der Waals surface area contributed by atoms with Crippen LogP contribution in [0.4, 0.5) is 0 Å². The van der Waals surface area contributed by atoms with E-state index in [4.69, 9.17) is 9.15 Å². The number of ether oxygens (including phenoxy) is 1. The molecule has 0 aliphatic carbocycles. The van der Waals surface area contributed by atoms with Crippen LogP contribution in [0.5, 0.6) is 11.5 Å². The van der Waals surface area contributed by atoms with Gasteiger partial charge < -0.3 is 14.3 Å². The third-order valence-electron chi connectivity index (χ3n) is 6.32. The van der Waals surface area contributed by atoms with Crippen molar-refractivity contribution < 1.29 is 23.8 Å². The molecule has 0 atom stereocenters. The lowest BCUT2D eigenvalue weighted by Crippen LogP contribution is -2.25. The van der Waals surface area contributed by atoms with E-state index in [0.29, 0.717) is 21.7 Å². The van der Waals surface area contributed by atoms with Crippen LogP contribution in [0.1, 0.15) is 15.9 Å². The molecule has 0 fully saturated rings. The van der Waals surface area contributed by atoms with Crippen LogP contribution >= 0.6 is 0 Å². The first-order valence-electron chi connectivity index (χ1n) is 11.5. The summed E-state index contributed by atoms with van der Waals surface area (Å²) >= 11 is 0. The van der Waals surface area contributed by atoms with E-state index in [-0.39, 0.29) is 22.5 Å². The molecule has 6 nitrogen and oxygen atoms in total. The largest absolute Gasteiger partial charge is 0.871 e. The second kappa shape index (κ2) is 8.77. The second-order valence-corrected chi connectivity index (χ2v) is 8.50. The molecule has 6 rings (SSSR count). The van der Waals surface area contributed by atoms with Gasteiger partial charge in [-0.25, -0.2) is 9.59 Å². The van der Waals surface area contributed by atoms with Crippen LogP contribution in [0.15, 0.2) is 112 Å². The third-order valence-corrected chi connectivity index (χ3v) is 6.32. The molecule has 0 radical (unpaired) electrons. The molecular weight excluding hydrogens is 468 g/mol. The topological polar surface area (TPSA) is 96.6 Å². The van der Waals surface area contributed by atoms with Crippen LogP contribution in [0.2, 0.25) is 0 Å². The maximum Gasteiger partial charge on any atom is 0.347 e. The minimum Gasteiger partial charge on any atom is -0.871 e. The van der Waals surface area contributed by atoms with Gasteiger partial charge in [0.05, 0.1) is 11.1 Å². The van der Waals surface area contributed by atoms with E-state index in [0.717, 1.165) is 10.8 Å². The number of carbonyl (C=O) groups excluding carboxylic acids is 2. The summed E-state index contributed by atoms with van der Waals surface area (Å²) in [6.07, 6.45) is 7.14. The molecule has 1 aliphatic rings. The molecule has 0 saturated heterocycles. The SMILES string of the molecule is O=C1Oc2c(ccc3ccccc23)C(=O)C1=CC=CC=Cc1c([O-])c2ccc3ccccc3c2oc1=O. The number of Topliss-reactive ketones (excluding diaryl/α,β-unsaturated/α-hetero) is 1. The van der Waals surface area contributed by atoms with Gasteiger partial charge >= 0.3 is 11.6 Å². The summed E-state index contributed by atoms with van der Waals surface area (Å²) in [6, 6.07) is 21.6. The maximum absolute atomic E-state index is 12.9. The van der Waals surface area contributed by atoms with Gasteiger partial charge in [-0.3, -0.25) is 4.79 Å². The number of rotatable bonds is 3. The Labute approximate surface area is 210 Å². The zero-order valence-corrected chi connectivity index (χ0v) is 19.3. The lowest BCUT2D eigenvalue weighted by Gasteiger charge is -2.18. The minimum atomic E-state index is -0.744. The van der Waals surface area contributed by atoms with Gasteiger partial charge in [0.2, 0.25) is 5.78 Å². The van der Waals surface area contributed by atoms with Gasteiger partial charge in [-0.15, -0.1) is 0 Å². The Morgan fingerprint density at radius 1 is 0.703 bits per heavy atom. The second-order valence-electron chi connectivity index (χ2n) is 8.50. The van der Waals surface area contributed by atoms with Gasteiger partial charge in [0.1, 0.15) is 16.9 Å². The highest BCUT2D eigenvalue weighted by atomic mass is 16.5. The molecule has 5 aromatic rings. The lowest BCUT2D eigenvalue weighted by atomic mass is 9.96. The van der Waals surface area contributed by atoms with Crippen molar-refractivity contribution in [3.8, 4) is 11.5 Å². The van der Waals surface area contributed by atoms with Crippen molar-refractivity contribution in [1.29, 1.82) is 0 Å². The summed E-state index contributed by atoms with van der Waals surface area (Å²) < 4.78 is 11.0. The average Bonchev–Trinajstić information content (AvgIpc) is 2.91. The normalized spacial score (nSPS) is 14.9. The van der Waals surface area contributed by atoms with Gasteiger partial charge in [-0.05, 0) is 29.0 Å². The van der Waals surface area contributed by atoms with Crippen LogP contribution in [0.3, 0.4) is 0 Å². The molecular formula is C31H17O6-. The van der Waals surface area contributed by atoms with Crippen molar-refractivity contribution in [1.82, 2.24) is 0 Å². The van der Waals surface area contributed by atoms with Crippen LogP contribution in [-0.2, 0) is 4.79 Å². The number of hydrogen-bond donors (Lipinski definition) is 0. The van der Waals surface area contributed by atoms with Crippen molar-refractivity contribution in [3.63, 3.8) is 0 Å². The minimum absolute atomic E-state index is 0.117. The van der Waals surface area contributed by atoms with E-state index in [1.807, 2.05) is 36.4 Å². The van der Waals surface area contributed by atoms with E-state index < -0.39 is 23.1 Å². The fraction of sp³-hybridized carbons (Fsp3) is 0. The molecule has 1 aromatic heterocycles. The van der Waals surface area contributed by atoms with Crippen molar-refractivity contribution in [2.45, 2.75) is 0 Å². The fourth-order valence-corrected chi connectivity index (χ4v) is 4.49. The Morgan fingerprint density at radius 3 is 2.22 bits per heavy atom. The number of fused-ring (bicyclic) bond motifs is 6. The van der Waals surface area contributed by atoms with Crippen LogP contribution < -0.4 is 15.5 Å². The zero-order chi connectivity index (χ0) is 25.5. The highest BCUT2D eigenvalue weighted by Crippen LogP contribution is 2.35. The quantitative estimate of drug-likeness (QED) is 0.0639. The number of benzene rings is 4. The third kappa shape index (κ3) is 3.72. The predicted molar refractivity (Wildman–Crippen MR) is 140 cm³/mol. The Hall–Kier alpha value is -5.23. The van der Waals surface area contributed by atoms with Gasteiger partial charge in [0.15, 0.2) is 0 Å². The number of carbonyl (C=O) groups is 2. The Bertz CT molecular complexity index is 1920. The molecule has 0 bridgehead atoms. The molecule has 0 amide bonds. The summed E-state index contributed by atoms with van der Waals surface area (Å²) in [6.45, 7) is 0. The van der Waals surface area contributed by atoms with Gasteiger partial charge in [-0.2, -0.15) is 0 Å². The van der Waals surface area contributed by atoms with Gasteiger partial charge in [0, 0.05) is 16.2 Å². The number of ketones is 1. The summed E-state index contributed by atoms with van der Waals surface area (Å²) in [4.78, 5) is 38.0. The number of allylic oxidation sites excluding steroid dienone is 4. The summed E-state index contributed by atoms with van der Waals surface area (Å²) in [5.74, 6) is -1.36. The Balaban J connectivity index is 1.29. The van der Waals surface area contributed by atoms with E-state index >= 15 is 0 Å². The molecule has 37 heavy (non-hydrogen) atoms. The molecule has 0 N–H and O–H groups in total. The first-order valence-corrected chi connectivity index (χ1v) is 11.5. The van der Waals surface area contributed by atoms with E-state index in [1.165, 1.54) is 30.4 Å². The van der Waals surface area contributed by atoms with Crippen molar-refractivity contribution in [2.75, 3.05) is 0 Å². The van der Waals surface area contributed by atoms with Crippen LogP contribution in [-0.4, -0.2) is 11.8 Å². The molecule has 6 heteroatoms. The Kier molecular flexibility index (Phi) is 5.27. The zero-order valence-electron chi connectivity index (χ0n) is 19.3. The number of hydrogen-bond acceptors (Lipinski definition) is 6. The lowest BCUT2D eigenvalue weighted by molar-refractivity contribution is -0.266. The highest BCUT2D eigenvalue weighted by molar-refractivity contribution is 6.29. The first kappa shape index (κ1) is 22.2. The molecule has 0 saturated carbocycles.